The van der Waals surface area contributed by atoms with Crippen LogP contribution in [0.4, 0.5) is 16.4 Å². The number of anilines is 2. The van der Waals surface area contributed by atoms with Crippen LogP contribution in [0.1, 0.15) is 32.0 Å². The molecule has 0 bridgehead atoms. The molecule has 0 aliphatic rings. The first-order chi connectivity index (χ1) is 11.8. The van der Waals surface area contributed by atoms with E-state index in [4.69, 9.17) is 5.26 Å². The average molecular weight is 341 g/mol. The van der Waals surface area contributed by atoms with E-state index in [9.17, 15) is 4.79 Å². The highest BCUT2D eigenvalue weighted by Crippen LogP contribution is 2.23. The summed E-state index contributed by atoms with van der Waals surface area (Å²) < 4.78 is 1.87. The molecule has 0 saturated carbocycles. The second-order valence-electron chi connectivity index (χ2n) is 6.63. The summed E-state index contributed by atoms with van der Waals surface area (Å²) in [6, 6.07) is 7.12. The third-order valence-electron chi connectivity index (χ3n) is 3.43. The maximum atomic E-state index is 12.1. The Kier molecular flexibility index (Phi) is 5.60. The van der Waals surface area contributed by atoms with Crippen LogP contribution < -0.4 is 16.0 Å². The quantitative estimate of drug-likeness (QED) is 0.724. The van der Waals surface area contributed by atoms with Crippen LogP contribution in [0.3, 0.4) is 0 Å². The Morgan fingerprint density at radius 1 is 1.28 bits per heavy atom. The number of nitriles is 1. The molecule has 2 rings (SSSR count). The number of hydrogen-bond acceptors (Lipinski definition) is 5. The van der Waals surface area contributed by atoms with E-state index in [1.54, 1.807) is 12.3 Å². The molecule has 0 radical (unpaired) electrons. The minimum atomic E-state index is -0.329. The van der Waals surface area contributed by atoms with E-state index in [1.807, 2.05) is 44.4 Å². The molecule has 0 aliphatic heterocycles. The molecule has 0 spiro atoms. The van der Waals surface area contributed by atoms with Gasteiger partial charge >= 0.3 is 6.03 Å². The van der Waals surface area contributed by atoms with Gasteiger partial charge in [0.25, 0.3) is 0 Å². The Hall–Kier alpha value is -3.08. The van der Waals surface area contributed by atoms with Crippen molar-refractivity contribution in [3.63, 3.8) is 0 Å². The molecule has 132 valence electrons. The second kappa shape index (κ2) is 7.66. The highest BCUT2D eigenvalue weighted by atomic mass is 16.2. The minimum Gasteiger partial charge on any atom is -0.367 e. The summed E-state index contributed by atoms with van der Waals surface area (Å²) in [6.07, 6.45) is 1.73. The first-order valence-corrected chi connectivity index (χ1v) is 8.01. The minimum absolute atomic E-state index is 0.247. The van der Waals surface area contributed by atoms with E-state index in [0.29, 0.717) is 30.3 Å². The van der Waals surface area contributed by atoms with Crippen LogP contribution >= 0.6 is 0 Å². The predicted octanol–water partition coefficient (Wildman–Crippen LogP) is 2.45. The Labute approximate surface area is 147 Å². The number of rotatable bonds is 5. The number of amides is 2. The van der Waals surface area contributed by atoms with Gasteiger partial charge in [-0.15, -0.1) is 5.10 Å². The van der Waals surface area contributed by atoms with E-state index in [2.05, 4.69) is 32.2 Å². The van der Waals surface area contributed by atoms with Crippen LogP contribution in [0.25, 0.3) is 0 Å². The number of urea groups is 1. The average Bonchev–Trinajstić information content (AvgIpc) is 2.96. The number of aromatic nitrogens is 3. The fourth-order valence-corrected chi connectivity index (χ4v) is 2.20. The van der Waals surface area contributed by atoms with Crippen LogP contribution in [0.15, 0.2) is 24.4 Å². The normalized spacial score (nSPS) is 10.8. The lowest BCUT2D eigenvalue weighted by atomic mass is 10.1. The molecule has 0 fully saturated rings. The molecule has 0 unspecified atom stereocenters. The van der Waals surface area contributed by atoms with E-state index in [0.717, 1.165) is 5.69 Å². The molecule has 2 heterocycles. The van der Waals surface area contributed by atoms with Crippen LogP contribution in [-0.4, -0.2) is 33.9 Å². The van der Waals surface area contributed by atoms with Crippen LogP contribution in [0.2, 0.25) is 0 Å². The fraction of sp³-hybridized carbons (Fsp3) is 0.412. The van der Waals surface area contributed by atoms with Crippen molar-refractivity contribution in [2.24, 2.45) is 0 Å². The van der Waals surface area contributed by atoms with E-state index < -0.39 is 0 Å². The number of carbonyl (C=O) groups excluding carboxylic acids is 1. The van der Waals surface area contributed by atoms with Crippen molar-refractivity contribution in [2.75, 3.05) is 23.7 Å². The smallest absolute Gasteiger partial charge is 0.320 e. The van der Waals surface area contributed by atoms with Crippen molar-refractivity contribution < 1.29 is 4.79 Å². The summed E-state index contributed by atoms with van der Waals surface area (Å²) in [7, 11) is 0. The zero-order chi connectivity index (χ0) is 18.4. The largest absolute Gasteiger partial charge is 0.367 e. The zero-order valence-electron chi connectivity index (χ0n) is 14.9. The highest BCUT2D eigenvalue weighted by Gasteiger charge is 2.19. The van der Waals surface area contributed by atoms with Gasteiger partial charge < -0.3 is 15.2 Å². The van der Waals surface area contributed by atoms with Crippen molar-refractivity contribution in [3.8, 4) is 6.07 Å². The van der Waals surface area contributed by atoms with Gasteiger partial charge in [0.1, 0.15) is 17.7 Å². The van der Waals surface area contributed by atoms with E-state index >= 15 is 0 Å². The Balaban J connectivity index is 1.85. The molecule has 0 atom stereocenters. The Bertz CT molecular complexity index is 766. The first kappa shape index (κ1) is 18.3. The van der Waals surface area contributed by atoms with Crippen molar-refractivity contribution in [3.05, 3.63) is 35.7 Å². The van der Waals surface area contributed by atoms with Gasteiger partial charge in [0.05, 0.1) is 11.3 Å². The number of nitrogens with zero attached hydrogens (tertiary/aromatic N) is 4. The molecule has 3 N–H and O–H groups in total. The number of hydrogen-bond donors (Lipinski definition) is 3. The molecule has 2 amide bonds. The van der Waals surface area contributed by atoms with Gasteiger partial charge in [0.15, 0.2) is 0 Å². The van der Waals surface area contributed by atoms with Gasteiger partial charge in [-0.25, -0.2) is 4.79 Å². The highest BCUT2D eigenvalue weighted by molar-refractivity contribution is 5.88. The number of nitrogens with one attached hydrogen (secondary N) is 3. The zero-order valence-corrected chi connectivity index (χ0v) is 14.9. The summed E-state index contributed by atoms with van der Waals surface area (Å²) in [6.45, 7) is 8.82. The summed E-state index contributed by atoms with van der Waals surface area (Å²) in [5.74, 6) is 1.24. The van der Waals surface area contributed by atoms with Gasteiger partial charge in [-0.1, -0.05) is 0 Å². The Morgan fingerprint density at radius 2 is 2.04 bits per heavy atom. The van der Waals surface area contributed by atoms with Gasteiger partial charge in [0, 0.05) is 24.8 Å². The maximum Gasteiger partial charge on any atom is 0.320 e. The first-order valence-electron chi connectivity index (χ1n) is 8.01. The topological polar surface area (TPSA) is 108 Å². The fourth-order valence-electron chi connectivity index (χ4n) is 2.20. The molecule has 25 heavy (non-hydrogen) atoms. The third-order valence-corrected chi connectivity index (χ3v) is 3.43. The van der Waals surface area contributed by atoms with Crippen molar-refractivity contribution in [1.82, 2.24) is 20.1 Å². The lowest BCUT2D eigenvalue weighted by Gasteiger charge is -2.24. The summed E-state index contributed by atoms with van der Waals surface area (Å²) in [5.41, 5.74) is 1.11. The Morgan fingerprint density at radius 3 is 2.64 bits per heavy atom. The molecular formula is C17H23N7O. The summed E-state index contributed by atoms with van der Waals surface area (Å²) >= 11 is 0. The molecule has 2 aromatic rings. The number of aryl methyl sites for hydroxylation is 1. The predicted molar refractivity (Wildman–Crippen MR) is 96.4 cm³/mol. The maximum absolute atomic E-state index is 12.1. The van der Waals surface area contributed by atoms with Crippen molar-refractivity contribution >= 4 is 17.7 Å². The number of carbonyl (C=O) groups is 1. The molecule has 0 aliphatic carbocycles. The van der Waals surface area contributed by atoms with E-state index in [1.165, 1.54) is 0 Å². The van der Waals surface area contributed by atoms with Crippen LogP contribution in [0, 0.1) is 18.3 Å². The summed E-state index contributed by atoms with van der Waals surface area (Å²) in [4.78, 5) is 12.1. The molecule has 8 nitrogen and oxygen atoms in total. The standard InChI is InChI=1S/C17H23N7O/c1-12-5-6-14(23-22-12)19-7-8-20-16(25)21-15-9-13(10-18)11-24(15)17(2,3)4/h5-6,9,11H,7-8H2,1-4H3,(H,19,23)(H2,20,21,25). The van der Waals surface area contributed by atoms with Crippen LogP contribution in [-0.2, 0) is 5.54 Å². The SMILES string of the molecule is Cc1ccc(NCCNC(=O)Nc2cc(C#N)cn2C(C)(C)C)nn1. The summed E-state index contributed by atoms with van der Waals surface area (Å²) in [5, 5.41) is 25.6. The third kappa shape index (κ3) is 5.21. The van der Waals surface area contributed by atoms with Crippen LogP contribution in [0.5, 0.6) is 0 Å². The molecular weight excluding hydrogens is 318 g/mol. The van der Waals surface area contributed by atoms with Crippen molar-refractivity contribution in [2.45, 2.75) is 33.2 Å². The molecule has 0 saturated heterocycles. The van der Waals surface area contributed by atoms with Gasteiger partial charge in [-0.05, 0) is 45.9 Å². The molecule has 0 aromatic carbocycles. The molecule has 2 aromatic heterocycles. The second-order valence-corrected chi connectivity index (χ2v) is 6.63. The van der Waals surface area contributed by atoms with Gasteiger partial charge in [-0.3, -0.25) is 5.32 Å². The lowest BCUT2D eigenvalue weighted by Crippen LogP contribution is -2.34. The monoisotopic (exact) mass is 341 g/mol. The lowest BCUT2D eigenvalue weighted by molar-refractivity contribution is 0.252. The van der Waals surface area contributed by atoms with E-state index in [-0.39, 0.29) is 11.6 Å². The molecule has 8 heteroatoms. The van der Waals surface area contributed by atoms with Gasteiger partial charge in [-0.2, -0.15) is 10.4 Å². The van der Waals surface area contributed by atoms with Crippen molar-refractivity contribution in [1.29, 1.82) is 5.26 Å². The van der Waals surface area contributed by atoms with Gasteiger partial charge in [0.2, 0.25) is 0 Å².